The van der Waals surface area contributed by atoms with Gasteiger partial charge in [-0.25, -0.2) is 0 Å². The van der Waals surface area contributed by atoms with E-state index in [1.807, 2.05) is 12.4 Å². The lowest BCUT2D eigenvalue weighted by molar-refractivity contribution is -0.150. The number of nitrogens with two attached hydrogens (primary N) is 1. The molecule has 3 N–H and O–H groups in total. The van der Waals surface area contributed by atoms with Gasteiger partial charge >= 0.3 is 5.97 Å². The molecule has 0 aliphatic heterocycles. The van der Waals surface area contributed by atoms with Crippen molar-refractivity contribution in [1.29, 1.82) is 0 Å². The van der Waals surface area contributed by atoms with Crippen LogP contribution in [-0.2, 0) is 9.53 Å². The van der Waals surface area contributed by atoms with Gasteiger partial charge in [0.2, 0.25) is 0 Å². The molecule has 2 unspecified atom stereocenters. The van der Waals surface area contributed by atoms with Crippen molar-refractivity contribution in [3.8, 4) is 0 Å². The first-order valence-electron chi connectivity index (χ1n) is 13.0. The number of ether oxygens (including phenoxy) is 1. The Hall–Kier alpha value is -2.40. The van der Waals surface area contributed by atoms with Gasteiger partial charge in [-0.2, -0.15) is 0 Å². The molecule has 34 heavy (non-hydrogen) atoms. The lowest BCUT2D eigenvalue weighted by atomic mass is 9.47. The molecule has 2 fully saturated rings. The van der Waals surface area contributed by atoms with E-state index in [0.717, 1.165) is 37.5 Å². The Morgan fingerprint density at radius 3 is 2.82 bits per heavy atom. The van der Waals surface area contributed by atoms with E-state index in [0.29, 0.717) is 18.2 Å². The molecule has 4 aliphatic rings. The highest BCUT2D eigenvalue weighted by molar-refractivity contribution is 5.73. The SMILES string of the molecule is C=C(CN)NCC(=O)O[C@H]1CC[C@@]2(C)C(=CC[C@@H]3C2CC[C@]2(C)C(c4cccnc4)=CCC32)C1.[HH].[HH].[HH].[HH]. The number of nitrogens with one attached hydrogen (secondary N) is 1. The Morgan fingerprint density at radius 1 is 1.24 bits per heavy atom. The van der Waals surface area contributed by atoms with Crippen molar-refractivity contribution in [2.45, 2.75) is 64.9 Å². The van der Waals surface area contributed by atoms with Crippen LogP contribution in [-0.4, -0.2) is 30.1 Å². The van der Waals surface area contributed by atoms with Crippen LogP contribution in [0.3, 0.4) is 0 Å². The molecule has 5 rings (SSSR count). The summed E-state index contributed by atoms with van der Waals surface area (Å²) in [5, 5.41) is 2.95. The third kappa shape index (κ3) is 3.92. The van der Waals surface area contributed by atoms with E-state index in [1.165, 1.54) is 36.0 Å². The summed E-state index contributed by atoms with van der Waals surface area (Å²) in [4.78, 5) is 16.7. The summed E-state index contributed by atoms with van der Waals surface area (Å²) in [6, 6.07) is 4.29. The van der Waals surface area contributed by atoms with Crippen molar-refractivity contribution in [3.63, 3.8) is 0 Å². The van der Waals surface area contributed by atoms with Crippen LogP contribution in [0.1, 0.15) is 70.1 Å². The van der Waals surface area contributed by atoms with Crippen LogP contribution in [0.2, 0.25) is 0 Å². The topological polar surface area (TPSA) is 77.2 Å². The summed E-state index contributed by atoms with van der Waals surface area (Å²) >= 11 is 0. The Kier molecular flexibility index (Phi) is 6.18. The van der Waals surface area contributed by atoms with E-state index in [4.69, 9.17) is 10.5 Å². The van der Waals surface area contributed by atoms with Crippen molar-refractivity contribution in [1.82, 2.24) is 10.3 Å². The van der Waals surface area contributed by atoms with Crippen molar-refractivity contribution < 1.29 is 15.2 Å². The normalized spacial score (nSPS) is 36.3. The fourth-order valence-corrected chi connectivity index (χ4v) is 7.76. The van der Waals surface area contributed by atoms with Gasteiger partial charge in [-0.3, -0.25) is 9.78 Å². The summed E-state index contributed by atoms with van der Waals surface area (Å²) in [6.45, 7) is 9.24. The van der Waals surface area contributed by atoms with Gasteiger partial charge in [0.15, 0.2) is 0 Å². The van der Waals surface area contributed by atoms with E-state index in [2.05, 4.69) is 55.0 Å². The molecule has 5 nitrogen and oxygen atoms in total. The van der Waals surface area contributed by atoms with Gasteiger partial charge in [-0.15, -0.1) is 0 Å². The standard InChI is InChI=1S/C29H39N3O2.4H2/c1-19(16-30)32-18-27(33)34-22-10-12-28(2)21(15-22)6-7-23-25-9-8-24(20-5-4-14-31-17-20)29(25,3)13-11-26(23)28;;;;/h4-6,8,14,17,22-23,25-26,32H,1,7,9-13,15-16,18,30H2,2-3H3;4*1H/t22-,23-,25?,26?,28-,29+;;;;/m0..../s1. The minimum absolute atomic E-state index is 0. The fourth-order valence-electron chi connectivity index (χ4n) is 7.76. The molecule has 4 aliphatic carbocycles. The number of rotatable bonds is 6. The number of carbonyl (C=O) groups excluding carboxylic acids is 1. The van der Waals surface area contributed by atoms with E-state index in [1.54, 1.807) is 0 Å². The second kappa shape index (κ2) is 8.99. The summed E-state index contributed by atoms with van der Waals surface area (Å²) < 4.78 is 5.83. The number of allylic oxidation sites excluding steroid dienone is 3. The molecule has 0 amide bonds. The van der Waals surface area contributed by atoms with Crippen LogP contribution >= 0.6 is 0 Å². The summed E-state index contributed by atoms with van der Waals surface area (Å²) in [5.41, 5.74) is 11.0. The molecule has 190 valence electrons. The fraction of sp³-hybridized carbons (Fsp3) is 0.586. The van der Waals surface area contributed by atoms with Crippen molar-refractivity contribution in [2.24, 2.45) is 34.3 Å². The summed E-state index contributed by atoms with van der Waals surface area (Å²) in [6.07, 6.45) is 16.7. The maximum Gasteiger partial charge on any atom is 0.325 e. The van der Waals surface area contributed by atoms with Crippen molar-refractivity contribution in [3.05, 3.63) is 60.1 Å². The lowest BCUT2D eigenvalue weighted by Gasteiger charge is -2.57. The second-order valence-electron chi connectivity index (χ2n) is 11.3. The highest BCUT2D eigenvalue weighted by atomic mass is 16.5. The molecule has 0 bridgehead atoms. The number of carbonyl (C=O) groups is 1. The Labute approximate surface area is 209 Å². The zero-order valence-electron chi connectivity index (χ0n) is 20.7. The number of hydrogen-bond donors (Lipinski definition) is 2. The first-order valence-corrected chi connectivity index (χ1v) is 13.0. The Balaban J connectivity index is 0.00000180. The average Bonchev–Trinajstić information content (AvgIpc) is 3.20. The first-order chi connectivity index (χ1) is 16.3. The minimum atomic E-state index is -0.217. The smallest absolute Gasteiger partial charge is 0.325 e. The van der Waals surface area contributed by atoms with Gasteiger partial charge in [0, 0.05) is 36.8 Å². The molecule has 1 heterocycles. The maximum atomic E-state index is 12.3. The summed E-state index contributed by atoms with van der Waals surface area (Å²) in [7, 11) is 0. The first kappa shape index (κ1) is 23.3. The third-order valence-electron chi connectivity index (χ3n) is 9.64. The predicted octanol–water partition coefficient (Wildman–Crippen LogP) is 6.00. The molecule has 0 aromatic carbocycles. The highest BCUT2D eigenvalue weighted by Gasteiger charge is 2.57. The van der Waals surface area contributed by atoms with Crippen LogP contribution in [0.15, 0.2) is 54.5 Å². The number of esters is 1. The molecule has 6 atom stereocenters. The van der Waals surface area contributed by atoms with Crippen molar-refractivity contribution >= 4 is 11.5 Å². The number of pyridine rings is 1. The van der Waals surface area contributed by atoms with Crippen molar-refractivity contribution in [2.75, 3.05) is 13.1 Å². The molecule has 1 aromatic rings. The second-order valence-corrected chi connectivity index (χ2v) is 11.3. The molecule has 0 spiro atoms. The predicted molar refractivity (Wildman–Crippen MR) is 144 cm³/mol. The summed E-state index contributed by atoms with van der Waals surface area (Å²) in [5.74, 6) is 1.93. The van der Waals surface area contributed by atoms with Gasteiger partial charge in [-0.05, 0) is 84.3 Å². The van der Waals surface area contributed by atoms with Crippen LogP contribution in [0.5, 0.6) is 0 Å². The van der Waals surface area contributed by atoms with Gasteiger partial charge < -0.3 is 15.8 Å². The van der Waals surface area contributed by atoms with Gasteiger partial charge in [0.25, 0.3) is 0 Å². The minimum Gasteiger partial charge on any atom is -0.461 e. The molecule has 5 heteroatoms. The van der Waals surface area contributed by atoms with Gasteiger partial charge in [0.1, 0.15) is 12.6 Å². The third-order valence-corrected chi connectivity index (χ3v) is 9.64. The maximum absolute atomic E-state index is 12.3. The van der Waals surface area contributed by atoms with E-state index >= 15 is 0 Å². The number of hydrogen-bond acceptors (Lipinski definition) is 5. The lowest BCUT2D eigenvalue weighted by Crippen LogP contribution is -2.50. The Bertz CT molecular complexity index is 1030. The van der Waals surface area contributed by atoms with E-state index < -0.39 is 0 Å². The van der Waals surface area contributed by atoms with E-state index in [-0.39, 0.29) is 35.2 Å². The average molecular weight is 470 g/mol. The van der Waals surface area contributed by atoms with Crippen LogP contribution in [0.4, 0.5) is 0 Å². The zero-order chi connectivity index (χ0) is 23.9. The molecule has 1 aromatic heterocycles. The van der Waals surface area contributed by atoms with Crippen LogP contribution in [0.25, 0.3) is 5.57 Å². The quantitative estimate of drug-likeness (QED) is 0.395. The number of nitrogens with zero attached hydrogens (tertiary/aromatic N) is 1. The zero-order valence-corrected chi connectivity index (χ0v) is 20.7. The molecule has 0 saturated heterocycles. The highest BCUT2D eigenvalue weighted by Crippen LogP contribution is 2.66. The molecule has 0 radical (unpaired) electrons. The van der Waals surface area contributed by atoms with E-state index in [9.17, 15) is 4.79 Å². The Morgan fingerprint density at radius 2 is 2.06 bits per heavy atom. The molecular weight excluding hydrogens is 422 g/mol. The van der Waals surface area contributed by atoms with Crippen LogP contribution in [0, 0.1) is 28.6 Å². The monoisotopic (exact) mass is 469 g/mol. The number of fused-ring (bicyclic) bond motifs is 5. The molecule has 2 saturated carbocycles. The molecular formula is C29H47N3O2. The van der Waals surface area contributed by atoms with Crippen LogP contribution < -0.4 is 11.1 Å². The van der Waals surface area contributed by atoms with Gasteiger partial charge in [0.05, 0.1) is 0 Å². The van der Waals surface area contributed by atoms with Gasteiger partial charge in [-0.1, -0.05) is 44.2 Å². The largest absolute Gasteiger partial charge is 0.461 e. The number of aromatic nitrogens is 1.